The van der Waals surface area contributed by atoms with Crippen molar-refractivity contribution in [1.82, 2.24) is 0 Å². The minimum atomic E-state index is -4.37. The molecule has 0 spiro atoms. The number of carbonyl (C=O) groups excluding carboxylic acids is 2. The second kappa shape index (κ2) is 35.5. The molecule has 0 aliphatic rings. The lowest BCUT2D eigenvalue weighted by Gasteiger charge is -2.24. The van der Waals surface area contributed by atoms with Crippen molar-refractivity contribution in [1.29, 1.82) is 0 Å². The van der Waals surface area contributed by atoms with Crippen LogP contribution in [-0.4, -0.2) is 74.9 Å². The van der Waals surface area contributed by atoms with Crippen molar-refractivity contribution < 1.29 is 42.1 Å². The minimum Gasteiger partial charge on any atom is -0.462 e. The molecule has 0 bridgehead atoms. The Morgan fingerprint density at radius 2 is 1.00 bits per heavy atom. The molecule has 0 aromatic carbocycles. The maximum absolute atomic E-state index is 12.6. The summed E-state index contributed by atoms with van der Waals surface area (Å²) in [5.74, 6) is -0.828. The summed E-state index contributed by atoms with van der Waals surface area (Å²) in [6.07, 6.45) is 35.5. The molecule has 0 amide bonds. The third-order valence-electron chi connectivity index (χ3n) is 9.30. The average Bonchev–Trinajstić information content (AvgIpc) is 3.09. The van der Waals surface area contributed by atoms with Crippen molar-refractivity contribution in [3.63, 3.8) is 0 Å². The van der Waals surface area contributed by atoms with Gasteiger partial charge in [-0.15, -0.1) is 0 Å². The Labute approximate surface area is 320 Å². The third kappa shape index (κ3) is 38.5. The van der Waals surface area contributed by atoms with Crippen molar-refractivity contribution in [3.05, 3.63) is 12.2 Å². The summed E-state index contributed by atoms with van der Waals surface area (Å²) in [5, 5.41) is 0. The predicted molar refractivity (Wildman–Crippen MR) is 215 cm³/mol. The number of carbonyl (C=O) groups is 2. The fraction of sp³-hybridized carbons (Fsp3) is 0.905. The molecule has 0 aliphatic carbocycles. The molecule has 0 fully saturated rings. The number of nitrogens with zero attached hydrogens (tertiary/aromatic N) is 1. The van der Waals surface area contributed by atoms with Gasteiger partial charge in [-0.2, -0.15) is 0 Å². The van der Waals surface area contributed by atoms with E-state index in [-0.39, 0.29) is 32.0 Å². The summed E-state index contributed by atoms with van der Waals surface area (Å²) in [6, 6.07) is 0. The van der Waals surface area contributed by atoms with E-state index in [2.05, 4.69) is 26.0 Å². The van der Waals surface area contributed by atoms with Gasteiger partial charge in [0.15, 0.2) is 6.10 Å². The van der Waals surface area contributed by atoms with E-state index < -0.39 is 26.5 Å². The van der Waals surface area contributed by atoms with Crippen LogP contribution in [0.1, 0.15) is 194 Å². The molecule has 0 radical (unpaired) electrons. The van der Waals surface area contributed by atoms with E-state index in [1.54, 1.807) is 0 Å². The van der Waals surface area contributed by atoms with Gasteiger partial charge in [0.1, 0.15) is 19.8 Å². The molecule has 0 heterocycles. The number of hydrogen-bond donors (Lipinski definition) is 1. The molecule has 0 aliphatic heterocycles. The largest absolute Gasteiger partial charge is 0.472 e. The molecule has 1 unspecified atom stereocenters. The topological polar surface area (TPSA) is 108 Å². The molecule has 308 valence electrons. The van der Waals surface area contributed by atoms with Gasteiger partial charge in [-0.05, 0) is 32.1 Å². The van der Waals surface area contributed by atoms with Crippen LogP contribution in [-0.2, 0) is 32.7 Å². The highest BCUT2D eigenvalue weighted by Crippen LogP contribution is 2.43. The minimum absolute atomic E-state index is 0.0303. The van der Waals surface area contributed by atoms with Crippen molar-refractivity contribution >= 4 is 19.8 Å². The van der Waals surface area contributed by atoms with E-state index in [1.165, 1.54) is 128 Å². The van der Waals surface area contributed by atoms with Gasteiger partial charge in [-0.25, -0.2) is 4.57 Å². The van der Waals surface area contributed by atoms with E-state index in [4.69, 9.17) is 18.5 Å². The number of allylic oxidation sites excluding steroid dienone is 2. The first-order valence-corrected chi connectivity index (χ1v) is 22.9. The number of esters is 2. The van der Waals surface area contributed by atoms with E-state index in [1.807, 2.05) is 21.1 Å². The highest BCUT2D eigenvalue weighted by atomic mass is 31.2. The number of phosphoric ester groups is 1. The van der Waals surface area contributed by atoms with E-state index >= 15 is 0 Å². The second-order valence-corrected chi connectivity index (χ2v) is 17.2. The van der Waals surface area contributed by atoms with Crippen molar-refractivity contribution in [2.24, 2.45) is 0 Å². The summed E-state index contributed by atoms with van der Waals surface area (Å²) in [5.41, 5.74) is 0. The Bertz CT molecular complexity index is 907. The van der Waals surface area contributed by atoms with Crippen LogP contribution in [0.4, 0.5) is 0 Å². The lowest BCUT2D eigenvalue weighted by Crippen LogP contribution is -2.37. The van der Waals surface area contributed by atoms with Gasteiger partial charge in [-0.3, -0.25) is 18.6 Å². The molecule has 0 aromatic rings. The monoisotopic (exact) mass is 761 g/mol. The van der Waals surface area contributed by atoms with Crippen molar-refractivity contribution in [2.45, 2.75) is 200 Å². The second-order valence-electron chi connectivity index (χ2n) is 15.7. The number of phosphoric acid groups is 1. The number of rotatable bonds is 39. The summed E-state index contributed by atoms with van der Waals surface area (Å²) in [7, 11) is 1.47. The zero-order valence-corrected chi connectivity index (χ0v) is 35.5. The zero-order chi connectivity index (χ0) is 38.6. The molecule has 0 aromatic heterocycles. The van der Waals surface area contributed by atoms with Crippen molar-refractivity contribution in [3.8, 4) is 0 Å². The fourth-order valence-corrected chi connectivity index (χ4v) is 6.64. The van der Waals surface area contributed by atoms with Crippen LogP contribution in [0.3, 0.4) is 0 Å². The fourth-order valence-electron chi connectivity index (χ4n) is 5.90. The predicted octanol–water partition coefficient (Wildman–Crippen LogP) is 11.8. The Balaban J connectivity index is 4.39. The van der Waals surface area contributed by atoms with Crippen LogP contribution in [0.5, 0.6) is 0 Å². The summed E-state index contributed by atoms with van der Waals surface area (Å²) in [4.78, 5) is 35.3. The molecule has 0 saturated carbocycles. The Kier molecular flexibility index (Phi) is 34.6. The molecule has 1 N–H and O–H groups in total. The standard InChI is InChI=1S/C42H82NO8P/c1-6-8-10-12-14-16-18-20-21-23-25-27-29-31-33-35-42(45)51-40(39-50-52(46,47)49-37-36-43(3,4)5)38-48-41(44)34-32-30-28-26-24-22-19-17-15-13-11-9-7-2/h27,29,40H,6-26,28,30-39H2,1-5H3/p+1/b29-27+/t40-/m1/s1. The number of hydrogen-bond acceptors (Lipinski definition) is 7. The van der Waals surface area contributed by atoms with E-state index in [0.29, 0.717) is 17.4 Å². The van der Waals surface area contributed by atoms with Crippen LogP contribution < -0.4 is 0 Å². The van der Waals surface area contributed by atoms with Gasteiger partial charge in [-0.1, -0.05) is 161 Å². The molecule has 0 rings (SSSR count). The number of likely N-dealkylation sites (N-methyl/N-ethyl adjacent to an activating group) is 1. The number of unbranched alkanes of at least 4 members (excludes halogenated alkanes) is 23. The van der Waals surface area contributed by atoms with Gasteiger partial charge in [0.2, 0.25) is 0 Å². The highest BCUT2D eigenvalue weighted by Gasteiger charge is 2.27. The first-order chi connectivity index (χ1) is 25.0. The van der Waals surface area contributed by atoms with Crippen LogP contribution in [0.25, 0.3) is 0 Å². The Morgan fingerprint density at radius 3 is 1.48 bits per heavy atom. The first-order valence-electron chi connectivity index (χ1n) is 21.4. The van der Waals surface area contributed by atoms with Crippen LogP contribution in [0.15, 0.2) is 12.2 Å². The highest BCUT2D eigenvalue weighted by molar-refractivity contribution is 7.47. The number of quaternary nitrogens is 1. The Hall–Kier alpha value is -1.25. The quantitative estimate of drug-likeness (QED) is 0.0217. The summed E-state index contributed by atoms with van der Waals surface area (Å²) < 4.78 is 34.2. The maximum Gasteiger partial charge on any atom is 0.472 e. The van der Waals surface area contributed by atoms with E-state index in [9.17, 15) is 19.0 Å². The van der Waals surface area contributed by atoms with Gasteiger partial charge in [0, 0.05) is 12.8 Å². The molecule has 10 heteroatoms. The summed E-state index contributed by atoms with van der Waals surface area (Å²) in [6.45, 7) is 4.40. The SMILES string of the molecule is CCCCCCCCCCCC/C=C/CCCC(=O)O[C@H](COC(=O)CCCCCCCCCCCCCCC)COP(=O)(O)OCC[N+](C)(C)C. The smallest absolute Gasteiger partial charge is 0.462 e. The van der Waals surface area contributed by atoms with Crippen LogP contribution in [0, 0.1) is 0 Å². The Morgan fingerprint density at radius 1 is 0.577 bits per heavy atom. The molecular weight excluding hydrogens is 677 g/mol. The molecule has 2 atom stereocenters. The number of ether oxygens (including phenoxy) is 2. The zero-order valence-electron chi connectivity index (χ0n) is 34.6. The molecule has 0 saturated heterocycles. The molecular formula is C42H83NO8P+. The van der Waals surface area contributed by atoms with Gasteiger partial charge in [0.25, 0.3) is 0 Å². The lowest BCUT2D eigenvalue weighted by molar-refractivity contribution is -0.870. The molecule has 9 nitrogen and oxygen atoms in total. The normalized spacial score (nSPS) is 13.7. The van der Waals surface area contributed by atoms with Gasteiger partial charge < -0.3 is 18.9 Å². The van der Waals surface area contributed by atoms with Crippen molar-refractivity contribution in [2.75, 3.05) is 47.5 Å². The maximum atomic E-state index is 12.6. The van der Waals surface area contributed by atoms with Crippen LogP contribution in [0.2, 0.25) is 0 Å². The lowest BCUT2D eigenvalue weighted by atomic mass is 10.0. The van der Waals surface area contributed by atoms with Gasteiger partial charge in [0.05, 0.1) is 27.7 Å². The summed E-state index contributed by atoms with van der Waals surface area (Å²) >= 11 is 0. The third-order valence-corrected chi connectivity index (χ3v) is 10.3. The average molecular weight is 761 g/mol. The van der Waals surface area contributed by atoms with E-state index in [0.717, 1.165) is 32.1 Å². The van der Waals surface area contributed by atoms with Gasteiger partial charge >= 0.3 is 19.8 Å². The molecule has 52 heavy (non-hydrogen) atoms. The first kappa shape index (κ1) is 50.8. The van der Waals surface area contributed by atoms with Crippen LogP contribution >= 0.6 is 7.82 Å².